The lowest BCUT2D eigenvalue weighted by atomic mass is 10.1. The van der Waals surface area contributed by atoms with E-state index in [2.05, 4.69) is 10.3 Å². The SMILES string of the molecule is COC1CCCN(Cc2ccc([N+](=O)[O-])c(NN)c2)C1. The molecule has 1 aromatic carbocycles. The van der Waals surface area contributed by atoms with E-state index in [0.29, 0.717) is 5.69 Å². The molecule has 1 unspecified atom stereocenters. The van der Waals surface area contributed by atoms with Crippen molar-refractivity contribution in [2.45, 2.75) is 25.5 Å². The number of piperidine rings is 1. The van der Waals surface area contributed by atoms with Crippen molar-refractivity contribution >= 4 is 11.4 Å². The summed E-state index contributed by atoms with van der Waals surface area (Å²) in [6, 6.07) is 4.99. The Morgan fingerprint density at radius 3 is 3.05 bits per heavy atom. The van der Waals surface area contributed by atoms with E-state index in [1.807, 2.05) is 0 Å². The van der Waals surface area contributed by atoms with E-state index < -0.39 is 4.92 Å². The van der Waals surface area contributed by atoms with Crippen LogP contribution in [0.2, 0.25) is 0 Å². The first-order valence-corrected chi connectivity index (χ1v) is 6.63. The Bertz CT molecular complexity index is 481. The Morgan fingerprint density at radius 2 is 2.40 bits per heavy atom. The van der Waals surface area contributed by atoms with E-state index in [4.69, 9.17) is 10.6 Å². The third kappa shape index (κ3) is 3.44. The fourth-order valence-corrected chi connectivity index (χ4v) is 2.56. The second-order valence-corrected chi connectivity index (χ2v) is 4.99. The van der Waals surface area contributed by atoms with Gasteiger partial charge in [0.1, 0.15) is 5.69 Å². The molecule has 0 aliphatic carbocycles. The van der Waals surface area contributed by atoms with Gasteiger partial charge in [0.2, 0.25) is 0 Å². The van der Waals surface area contributed by atoms with Gasteiger partial charge in [0, 0.05) is 26.3 Å². The molecule has 110 valence electrons. The number of nitrogens with two attached hydrogens (primary N) is 1. The number of benzene rings is 1. The zero-order chi connectivity index (χ0) is 14.5. The predicted molar refractivity (Wildman–Crippen MR) is 76.2 cm³/mol. The second-order valence-electron chi connectivity index (χ2n) is 4.99. The zero-order valence-corrected chi connectivity index (χ0v) is 11.5. The third-order valence-corrected chi connectivity index (χ3v) is 3.61. The molecule has 0 saturated carbocycles. The maximum absolute atomic E-state index is 10.8. The molecule has 7 heteroatoms. The first kappa shape index (κ1) is 14.7. The highest BCUT2D eigenvalue weighted by Gasteiger charge is 2.20. The summed E-state index contributed by atoms with van der Waals surface area (Å²) >= 11 is 0. The molecule has 3 N–H and O–H groups in total. The van der Waals surface area contributed by atoms with Crippen LogP contribution in [0.3, 0.4) is 0 Å². The largest absolute Gasteiger partial charge is 0.380 e. The number of nitro benzene ring substituents is 1. The predicted octanol–water partition coefficient (Wildman–Crippen LogP) is 1.49. The molecule has 1 aromatic rings. The van der Waals surface area contributed by atoms with Crippen LogP contribution in [0.1, 0.15) is 18.4 Å². The van der Waals surface area contributed by atoms with Gasteiger partial charge in [0.15, 0.2) is 0 Å². The first-order chi connectivity index (χ1) is 9.63. The summed E-state index contributed by atoms with van der Waals surface area (Å²) in [7, 11) is 1.73. The number of nitrogens with zero attached hydrogens (tertiary/aromatic N) is 2. The Hall–Kier alpha value is -1.70. The minimum absolute atomic E-state index is 0.00957. The molecule has 20 heavy (non-hydrogen) atoms. The fraction of sp³-hybridized carbons (Fsp3) is 0.538. The number of methoxy groups -OCH3 is 1. The minimum atomic E-state index is -0.444. The number of ether oxygens (including phenoxy) is 1. The van der Waals surface area contributed by atoms with Crippen LogP contribution in [0.25, 0.3) is 0 Å². The maximum atomic E-state index is 10.8. The van der Waals surface area contributed by atoms with Gasteiger partial charge in [-0.2, -0.15) is 0 Å². The highest BCUT2D eigenvalue weighted by molar-refractivity contribution is 5.62. The number of rotatable bonds is 5. The number of anilines is 1. The van der Waals surface area contributed by atoms with Gasteiger partial charge < -0.3 is 10.2 Å². The molecule has 1 aliphatic rings. The van der Waals surface area contributed by atoms with Gasteiger partial charge in [-0.25, -0.2) is 0 Å². The summed E-state index contributed by atoms with van der Waals surface area (Å²) in [6.07, 6.45) is 2.46. The maximum Gasteiger partial charge on any atom is 0.293 e. The van der Waals surface area contributed by atoms with Crippen molar-refractivity contribution in [2.75, 3.05) is 25.6 Å². The van der Waals surface area contributed by atoms with Gasteiger partial charge in [-0.15, -0.1) is 0 Å². The molecular weight excluding hydrogens is 260 g/mol. The van der Waals surface area contributed by atoms with Crippen molar-refractivity contribution in [3.63, 3.8) is 0 Å². The molecule has 0 spiro atoms. The van der Waals surface area contributed by atoms with Crippen LogP contribution in [0.15, 0.2) is 18.2 Å². The summed E-state index contributed by atoms with van der Waals surface area (Å²) < 4.78 is 5.39. The standard InChI is InChI=1S/C13H20N4O3/c1-20-11-3-2-6-16(9-11)8-10-4-5-13(17(18)19)12(7-10)15-14/h4-5,7,11,15H,2-3,6,8-9,14H2,1H3. The van der Waals surface area contributed by atoms with Gasteiger partial charge in [0.05, 0.1) is 11.0 Å². The van der Waals surface area contributed by atoms with Gasteiger partial charge in [-0.05, 0) is 31.0 Å². The molecule has 2 rings (SSSR count). The molecule has 1 heterocycles. The van der Waals surface area contributed by atoms with Crippen LogP contribution in [0.4, 0.5) is 11.4 Å². The summed E-state index contributed by atoms with van der Waals surface area (Å²) in [6.45, 7) is 2.65. The number of nitro groups is 1. The lowest BCUT2D eigenvalue weighted by Crippen LogP contribution is -2.38. The summed E-state index contributed by atoms with van der Waals surface area (Å²) in [4.78, 5) is 12.7. The number of likely N-dealkylation sites (tertiary alicyclic amines) is 1. The van der Waals surface area contributed by atoms with Gasteiger partial charge in [-0.3, -0.25) is 20.9 Å². The summed E-state index contributed by atoms with van der Waals surface area (Å²) in [5.74, 6) is 5.35. The molecule has 1 saturated heterocycles. The average Bonchev–Trinajstić information content (AvgIpc) is 2.47. The summed E-state index contributed by atoms with van der Waals surface area (Å²) in [5.41, 5.74) is 3.72. The van der Waals surface area contributed by atoms with Crippen molar-refractivity contribution in [1.29, 1.82) is 0 Å². The number of nitrogen functional groups attached to an aromatic ring is 1. The molecule has 1 fully saturated rings. The number of hydrogen-bond donors (Lipinski definition) is 2. The molecular formula is C13H20N4O3. The van der Waals surface area contributed by atoms with Crippen LogP contribution < -0.4 is 11.3 Å². The smallest absolute Gasteiger partial charge is 0.293 e. The van der Waals surface area contributed by atoms with Crippen molar-refractivity contribution in [3.8, 4) is 0 Å². The topological polar surface area (TPSA) is 93.7 Å². The van der Waals surface area contributed by atoms with Crippen molar-refractivity contribution < 1.29 is 9.66 Å². The fourth-order valence-electron chi connectivity index (χ4n) is 2.56. The van der Waals surface area contributed by atoms with Gasteiger partial charge >= 0.3 is 0 Å². The molecule has 0 aromatic heterocycles. The average molecular weight is 280 g/mol. The van der Waals surface area contributed by atoms with E-state index >= 15 is 0 Å². The molecule has 1 atom stereocenters. The van der Waals surface area contributed by atoms with Gasteiger partial charge in [-0.1, -0.05) is 6.07 Å². The summed E-state index contributed by atoms with van der Waals surface area (Å²) in [5, 5.41) is 10.8. The Labute approximate surface area is 117 Å². The molecule has 7 nitrogen and oxygen atoms in total. The molecule has 1 aliphatic heterocycles. The van der Waals surface area contributed by atoms with E-state index in [-0.39, 0.29) is 11.8 Å². The molecule has 0 radical (unpaired) electrons. The van der Waals surface area contributed by atoms with Crippen LogP contribution >= 0.6 is 0 Å². The van der Waals surface area contributed by atoms with E-state index in [1.54, 1.807) is 19.2 Å². The van der Waals surface area contributed by atoms with Crippen molar-refractivity contribution in [1.82, 2.24) is 4.90 Å². The number of hydrazine groups is 1. The van der Waals surface area contributed by atoms with Crippen LogP contribution in [0.5, 0.6) is 0 Å². The van der Waals surface area contributed by atoms with E-state index in [9.17, 15) is 10.1 Å². The van der Waals surface area contributed by atoms with E-state index in [0.717, 1.165) is 38.0 Å². The lowest BCUT2D eigenvalue weighted by molar-refractivity contribution is -0.384. The van der Waals surface area contributed by atoms with Crippen LogP contribution in [-0.4, -0.2) is 36.1 Å². The quantitative estimate of drug-likeness (QED) is 0.482. The normalized spacial score (nSPS) is 19.8. The highest BCUT2D eigenvalue weighted by atomic mass is 16.6. The number of nitrogens with one attached hydrogen (secondary N) is 1. The van der Waals surface area contributed by atoms with Crippen LogP contribution in [-0.2, 0) is 11.3 Å². The van der Waals surface area contributed by atoms with Crippen molar-refractivity contribution in [3.05, 3.63) is 33.9 Å². The Morgan fingerprint density at radius 1 is 1.60 bits per heavy atom. The highest BCUT2D eigenvalue weighted by Crippen LogP contribution is 2.25. The van der Waals surface area contributed by atoms with Crippen LogP contribution in [0, 0.1) is 10.1 Å². The number of hydrogen-bond acceptors (Lipinski definition) is 6. The Balaban J connectivity index is 2.07. The van der Waals surface area contributed by atoms with Crippen molar-refractivity contribution in [2.24, 2.45) is 5.84 Å². The Kier molecular flexibility index (Phi) is 4.89. The third-order valence-electron chi connectivity index (χ3n) is 3.61. The van der Waals surface area contributed by atoms with E-state index in [1.165, 1.54) is 6.07 Å². The lowest BCUT2D eigenvalue weighted by Gasteiger charge is -2.31. The molecule has 0 amide bonds. The minimum Gasteiger partial charge on any atom is -0.380 e. The molecule has 0 bridgehead atoms. The zero-order valence-electron chi connectivity index (χ0n) is 11.5. The second kappa shape index (κ2) is 6.65. The van der Waals surface area contributed by atoms with Gasteiger partial charge in [0.25, 0.3) is 5.69 Å². The monoisotopic (exact) mass is 280 g/mol. The first-order valence-electron chi connectivity index (χ1n) is 6.63.